The van der Waals surface area contributed by atoms with Crippen LogP contribution in [0.25, 0.3) is 10.9 Å². The van der Waals surface area contributed by atoms with E-state index in [0.717, 1.165) is 28.2 Å². The fraction of sp³-hybridized carbons (Fsp3) is 0.333. The van der Waals surface area contributed by atoms with Gasteiger partial charge in [0.1, 0.15) is 11.6 Å². The van der Waals surface area contributed by atoms with Crippen LogP contribution in [0.4, 0.5) is 17.5 Å². The third-order valence-corrected chi connectivity index (χ3v) is 4.72. The molecule has 134 valence electrons. The molecule has 1 heterocycles. The van der Waals surface area contributed by atoms with Gasteiger partial charge in [0.15, 0.2) is 0 Å². The van der Waals surface area contributed by atoms with Crippen LogP contribution in [0.1, 0.15) is 32.6 Å². The zero-order valence-corrected chi connectivity index (χ0v) is 15.0. The number of hydrogen-bond donors (Lipinski definition) is 2. The molecule has 2 N–H and O–H groups in total. The van der Waals surface area contributed by atoms with Crippen molar-refractivity contribution in [1.82, 2.24) is 9.97 Å². The minimum absolute atomic E-state index is 0.506. The van der Waals surface area contributed by atoms with Crippen molar-refractivity contribution in [3.8, 4) is 5.75 Å². The lowest BCUT2D eigenvalue weighted by Gasteiger charge is -2.16. The van der Waals surface area contributed by atoms with E-state index in [1.807, 2.05) is 49.4 Å². The molecule has 1 aliphatic carbocycles. The second-order valence-corrected chi connectivity index (χ2v) is 6.62. The first-order chi connectivity index (χ1) is 12.8. The number of nitrogens with one attached hydrogen (secondary N) is 2. The summed E-state index contributed by atoms with van der Waals surface area (Å²) in [4.78, 5) is 9.42. The second kappa shape index (κ2) is 7.60. The van der Waals surface area contributed by atoms with Crippen LogP contribution in [-0.4, -0.2) is 22.6 Å². The number of fused-ring (bicyclic) bond motifs is 1. The fourth-order valence-electron chi connectivity index (χ4n) is 3.44. The van der Waals surface area contributed by atoms with Gasteiger partial charge in [0.2, 0.25) is 5.95 Å². The maximum Gasteiger partial charge on any atom is 0.229 e. The van der Waals surface area contributed by atoms with Gasteiger partial charge >= 0.3 is 0 Å². The summed E-state index contributed by atoms with van der Waals surface area (Å²) in [6.07, 6.45) is 5.00. The van der Waals surface area contributed by atoms with E-state index in [-0.39, 0.29) is 0 Å². The van der Waals surface area contributed by atoms with Crippen molar-refractivity contribution in [3.05, 3.63) is 48.5 Å². The van der Waals surface area contributed by atoms with Crippen LogP contribution in [0.5, 0.6) is 5.75 Å². The van der Waals surface area contributed by atoms with Gasteiger partial charge in [0.25, 0.3) is 0 Å². The molecule has 0 spiro atoms. The molecule has 4 rings (SSSR count). The van der Waals surface area contributed by atoms with Crippen LogP contribution in [0.15, 0.2) is 48.5 Å². The van der Waals surface area contributed by atoms with E-state index in [1.165, 1.54) is 25.7 Å². The van der Waals surface area contributed by atoms with Gasteiger partial charge in [0.05, 0.1) is 12.1 Å². The predicted octanol–water partition coefficient (Wildman–Crippen LogP) is 5.13. The van der Waals surface area contributed by atoms with E-state index in [0.29, 0.717) is 18.6 Å². The van der Waals surface area contributed by atoms with Gasteiger partial charge in [-0.15, -0.1) is 0 Å². The van der Waals surface area contributed by atoms with Gasteiger partial charge in [-0.3, -0.25) is 0 Å². The molecule has 0 radical (unpaired) electrons. The Morgan fingerprint density at radius 1 is 1.00 bits per heavy atom. The topological polar surface area (TPSA) is 59.1 Å². The molecule has 0 unspecified atom stereocenters. The molecule has 3 aromatic rings. The van der Waals surface area contributed by atoms with Crippen LogP contribution in [0.3, 0.4) is 0 Å². The molecular formula is C21H24N4O. The Morgan fingerprint density at radius 2 is 1.77 bits per heavy atom. The summed E-state index contributed by atoms with van der Waals surface area (Å²) in [6, 6.07) is 16.5. The van der Waals surface area contributed by atoms with Gasteiger partial charge in [-0.25, -0.2) is 4.98 Å². The number of ether oxygens (including phenoxy) is 1. The largest absolute Gasteiger partial charge is 0.494 e. The van der Waals surface area contributed by atoms with Crippen molar-refractivity contribution < 1.29 is 4.74 Å². The van der Waals surface area contributed by atoms with Crippen molar-refractivity contribution >= 4 is 28.4 Å². The van der Waals surface area contributed by atoms with Crippen molar-refractivity contribution in [2.75, 3.05) is 17.2 Å². The lowest BCUT2D eigenvalue weighted by Crippen LogP contribution is -2.16. The highest BCUT2D eigenvalue weighted by Crippen LogP contribution is 2.28. The molecule has 1 aromatic heterocycles. The Balaban J connectivity index is 1.61. The summed E-state index contributed by atoms with van der Waals surface area (Å²) in [7, 11) is 0. The second-order valence-electron chi connectivity index (χ2n) is 6.62. The quantitative estimate of drug-likeness (QED) is 0.647. The van der Waals surface area contributed by atoms with Crippen LogP contribution >= 0.6 is 0 Å². The monoisotopic (exact) mass is 348 g/mol. The molecule has 1 aliphatic rings. The normalized spacial score (nSPS) is 14.5. The zero-order valence-electron chi connectivity index (χ0n) is 15.0. The van der Waals surface area contributed by atoms with Gasteiger partial charge < -0.3 is 15.4 Å². The number of para-hydroxylation sites is 1. The van der Waals surface area contributed by atoms with Crippen molar-refractivity contribution in [3.63, 3.8) is 0 Å². The first-order valence-electron chi connectivity index (χ1n) is 9.35. The Morgan fingerprint density at radius 3 is 2.54 bits per heavy atom. The van der Waals surface area contributed by atoms with Crippen molar-refractivity contribution in [1.29, 1.82) is 0 Å². The number of hydrogen-bond acceptors (Lipinski definition) is 5. The minimum Gasteiger partial charge on any atom is -0.494 e. The highest BCUT2D eigenvalue weighted by Gasteiger charge is 2.17. The summed E-state index contributed by atoms with van der Waals surface area (Å²) >= 11 is 0. The van der Waals surface area contributed by atoms with Gasteiger partial charge in [-0.2, -0.15) is 4.98 Å². The SMILES string of the molecule is CCOc1ccc(Nc2nc(NC3CCCC3)c3ccccc3n2)cc1. The van der Waals surface area contributed by atoms with E-state index in [1.54, 1.807) is 0 Å². The molecule has 0 atom stereocenters. The van der Waals surface area contributed by atoms with Crippen LogP contribution in [0, 0.1) is 0 Å². The smallest absolute Gasteiger partial charge is 0.229 e. The average molecular weight is 348 g/mol. The first-order valence-corrected chi connectivity index (χ1v) is 9.35. The van der Waals surface area contributed by atoms with Gasteiger partial charge in [-0.1, -0.05) is 25.0 Å². The predicted molar refractivity (Wildman–Crippen MR) is 106 cm³/mol. The minimum atomic E-state index is 0.506. The number of nitrogens with zero attached hydrogens (tertiary/aromatic N) is 2. The van der Waals surface area contributed by atoms with E-state index >= 15 is 0 Å². The maximum atomic E-state index is 5.49. The lowest BCUT2D eigenvalue weighted by molar-refractivity contribution is 0.340. The first kappa shape index (κ1) is 16.6. The molecular weight excluding hydrogens is 324 g/mol. The molecule has 0 saturated heterocycles. The number of rotatable bonds is 6. The van der Waals surface area contributed by atoms with E-state index in [4.69, 9.17) is 9.72 Å². The molecule has 1 fully saturated rings. The van der Waals surface area contributed by atoms with Crippen LogP contribution in [-0.2, 0) is 0 Å². The molecule has 2 aromatic carbocycles. The van der Waals surface area contributed by atoms with Crippen LogP contribution in [0.2, 0.25) is 0 Å². The maximum absolute atomic E-state index is 5.49. The van der Waals surface area contributed by atoms with Crippen molar-refractivity contribution in [2.24, 2.45) is 0 Å². The Hall–Kier alpha value is -2.82. The summed E-state index contributed by atoms with van der Waals surface area (Å²) in [5, 5.41) is 8.00. The molecule has 5 heteroatoms. The summed E-state index contributed by atoms with van der Waals surface area (Å²) in [6.45, 7) is 2.64. The molecule has 0 aliphatic heterocycles. The molecule has 26 heavy (non-hydrogen) atoms. The number of aromatic nitrogens is 2. The van der Waals surface area contributed by atoms with Crippen LogP contribution < -0.4 is 15.4 Å². The molecule has 0 amide bonds. The van der Waals surface area contributed by atoms with Crippen molar-refractivity contribution in [2.45, 2.75) is 38.6 Å². The Bertz CT molecular complexity index is 873. The third kappa shape index (κ3) is 3.72. The fourth-order valence-corrected chi connectivity index (χ4v) is 3.44. The third-order valence-electron chi connectivity index (χ3n) is 4.72. The molecule has 1 saturated carbocycles. The Labute approximate surface area is 153 Å². The number of benzene rings is 2. The molecule has 5 nitrogen and oxygen atoms in total. The highest BCUT2D eigenvalue weighted by atomic mass is 16.5. The van der Waals surface area contributed by atoms with Gasteiger partial charge in [0, 0.05) is 17.1 Å². The van der Waals surface area contributed by atoms with E-state index < -0.39 is 0 Å². The highest BCUT2D eigenvalue weighted by molar-refractivity contribution is 5.90. The number of anilines is 3. The summed E-state index contributed by atoms with van der Waals surface area (Å²) in [5.74, 6) is 2.38. The van der Waals surface area contributed by atoms with E-state index in [2.05, 4.69) is 21.7 Å². The zero-order chi connectivity index (χ0) is 17.8. The van der Waals surface area contributed by atoms with Gasteiger partial charge in [-0.05, 0) is 56.2 Å². The molecule has 0 bridgehead atoms. The Kier molecular flexibility index (Phi) is 4.86. The summed E-state index contributed by atoms with van der Waals surface area (Å²) in [5.41, 5.74) is 1.88. The standard InChI is InChI=1S/C21H24N4O/c1-2-26-17-13-11-16(12-14-17)23-21-24-19-10-6-5-9-18(19)20(25-21)22-15-7-3-4-8-15/h5-6,9-15H,2-4,7-8H2,1H3,(H2,22,23,24,25). The summed E-state index contributed by atoms with van der Waals surface area (Å²) < 4.78 is 5.49. The lowest BCUT2D eigenvalue weighted by atomic mass is 10.2. The average Bonchev–Trinajstić information content (AvgIpc) is 3.17. The van der Waals surface area contributed by atoms with E-state index in [9.17, 15) is 0 Å².